The van der Waals surface area contributed by atoms with Crippen LogP contribution < -0.4 is 16.0 Å². The molecule has 0 atom stereocenters. The number of amides is 1. The zero-order chi connectivity index (χ0) is 21.0. The molecule has 0 aromatic heterocycles. The summed E-state index contributed by atoms with van der Waals surface area (Å²) >= 11 is 0. The summed E-state index contributed by atoms with van der Waals surface area (Å²) in [6, 6.07) is 10.7. The second-order valence-electron chi connectivity index (χ2n) is 8.21. The molecule has 0 spiro atoms. The lowest BCUT2D eigenvalue weighted by atomic mass is 10.2. The molecule has 1 aliphatic carbocycles. The lowest BCUT2D eigenvalue weighted by molar-refractivity contribution is -0.122. The van der Waals surface area contributed by atoms with Gasteiger partial charge in [-0.3, -0.25) is 14.7 Å². The predicted molar refractivity (Wildman–Crippen MR) is 122 cm³/mol. The van der Waals surface area contributed by atoms with Crippen LogP contribution in [0.25, 0.3) is 0 Å². The third-order valence-corrected chi connectivity index (χ3v) is 5.63. The van der Waals surface area contributed by atoms with Gasteiger partial charge in [-0.1, -0.05) is 30.3 Å². The van der Waals surface area contributed by atoms with Gasteiger partial charge in [-0.05, 0) is 31.7 Å². The van der Waals surface area contributed by atoms with Gasteiger partial charge in [0.1, 0.15) is 0 Å². The van der Waals surface area contributed by atoms with E-state index in [2.05, 4.69) is 68.0 Å². The molecule has 1 heterocycles. The molecular formula is C23H38N6O. The van der Waals surface area contributed by atoms with Gasteiger partial charge < -0.3 is 20.9 Å². The van der Waals surface area contributed by atoms with Crippen LogP contribution in [0.4, 0.5) is 0 Å². The van der Waals surface area contributed by atoms with E-state index in [1.165, 1.54) is 5.56 Å². The van der Waals surface area contributed by atoms with Crippen LogP contribution in [-0.4, -0.2) is 80.6 Å². The fourth-order valence-corrected chi connectivity index (χ4v) is 3.70. The van der Waals surface area contributed by atoms with Crippen molar-refractivity contribution in [3.63, 3.8) is 0 Å². The minimum atomic E-state index is 0.197. The standard InChI is InChI=1S/C23H38N6O/c1-2-24-23(27-13-12-25-22(30)21-9-10-21)26-11-6-14-28-15-17-29(18-16-28)19-20-7-4-3-5-8-20/h3-5,7-8,21H,2,6,9-19H2,1H3,(H,25,30)(H2,24,26,27). The molecule has 1 aromatic rings. The summed E-state index contributed by atoms with van der Waals surface area (Å²) in [5, 5.41) is 9.56. The zero-order valence-electron chi connectivity index (χ0n) is 18.4. The molecule has 166 valence electrons. The van der Waals surface area contributed by atoms with Gasteiger partial charge in [0.05, 0.1) is 0 Å². The Labute approximate surface area is 181 Å². The van der Waals surface area contributed by atoms with E-state index < -0.39 is 0 Å². The minimum Gasteiger partial charge on any atom is -0.357 e. The van der Waals surface area contributed by atoms with E-state index in [1.807, 2.05) is 0 Å². The molecule has 1 saturated heterocycles. The van der Waals surface area contributed by atoms with E-state index in [0.29, 0.717) is 13.1 Å². The molecule has 2 aliphatic rings. The monoisotopic (exact) mass is 414 g/mol. The number of guanidine groups is 1. The average molecular weight is 415 g/mol. The van der Waals surface area contributed by atoms with Crippen molar-refractivity contribution in [1.29, 1.82) is 0 Å². The number of hydrogen-bond donors (Lipinski definition) is 3. The molecule has 2 fully saturated rings. The van der Waals surface area contributed by atoms with Gasteiger partial charge in [0.15, 0.2) is 5.96 Å². The molecule has 1 aliphatic heterocycles. The van der Waals surface area contributed by atoms with Gasteiger partial charge in [-0.25, -0.2) is 0 Å². The highest BCUT2D eigenvalue weighted by Crippen LogP contribution is 2.28. The number of nitrogens with one attached hydrogen (secondary N) is 3. The highest BCUT2D eigenvalue weighted by molar-refractivity contribution is 5.81. The van der Waals surface area contributed by atoms with Crippen molar-refractivity contribution >= 4 is 11.9 Å². The van der Waals surface area contributed by atoms with Crippen LogP contribution in [0.3, 0.4) is 0 Å². The molecule has 3 rings (SSSR count). The maximum atomic E-state index is 11.7. The highest BCUT2D eigenvalue weighted by Gasteiger charge is 2.28. The largest absolute Gasteiger partial charge is 0.357 e. The van der Waals surface area contributed by atoms with Gasteiger partial charge in [0, 0.05) is 71.4 Å². The molecule has 0 radical (unpaired) electrons. The second-order valence-corrected chi connectivity index (χ2v) is 8.21. The lowest BCUT2D eigenvalue weighted by Gasteiger charge is -2.34. The highest BCUT2D eigenvalue weighted by atomic mass is 16.2. The smallest absolute Gasteiger partial charge is 0.223 e. The van der Waals surface area contributed by atoms with E-state index in [0.717, 1.165) is 77.6 Å². The molecule has 1 aromatic carbocycles. The Morgan fingerprint density at radius 1 is 1.00 bits per heavy atom. The molecule has 0 unspecified atom stereocenters. The van der Waals surface area contributed by atoms with E-state index in [1.54, 1.807) is 0 Å². The summed E-state index contributed by atoms with van der Waals surface area (Å²) in [7, 11) is 0. The van der Waals surface area contributed by atoms with Crippen LogP contribution in [0, 0.1) is 5.92 Å². The number of hydrogen-bond acceptors (Lipinski definition) is 4. The summed E-state index contributed by atoms with van der Waals surface area (Å²) < 4.78 is 0. The summed E-state index contributed by atoms with van der Waals surface area (Å²) in [6.45, 7) is 11.8. The normalized spacial score (nSPS) is 18.2. The second kappa shape index (κ2) is 12.5. The fraction of sp³-hybridized carbons (Fsp3) is 0.652. The molecule has 30 heavy (non-hydrogen) atoms. The van der Waals surface area contributed by atoms with Crippen LogP contribution in [0.5, 0.6) is 0 Å². The Kier molecular flexibility index (Phi) is 9.44. The van der Waals surface area contributed by atoms with Crippen molar-refractivity contribution in [3.05, 3.63) is 35.9 Å². The Hall–Kier alpha value is -2.12. The quantitative estimate of drug-likeness (QED) is 0.289. The number of piperazine rings is 1. The SMILES string of the molecule is CCNC(=NCCCN1CCN(Cc2ccccc2)CC1)NCCNC(=O)C1CC1. The van der Waals surface area contributed by atoms with Crippen molar-refractivity contribution in [2.24, 2.45) is 10.9 Å². The molecule has 7 nitrogen and oxygen atoms in total. The van der Waals surface area contributed by atoms with E-state index in [4.69, 9.17) is 0 Å². The summed E-state index contributed by atoms with van der Waals surface area (Å²) in [5.41, 5.74) is 1.40. The first kappa shape index (κ1) is 22.6. The van der Waals surface area contributed by atoms with Crippen molar-refractivity contribution in [1.82, 2.24) is 25.8 Å². The number of carbonyl (C=O) groups is 1. The van der Waals surface area contributed by atoms with E-state index in [-0.39, 0.29) is 11.8 Å². The summed E-state index contributed by atoms with van der Waals surface area (Å²) in [6.07, 6.45) is 3.16. The van der Waals surface area contributed by atoms with Gasteiger partial charge in [0.2, 0.25) is 5.91 Å². The first-order valence-electron chi connectivity index (χ1n) is 11.5. The number of carbonyl (C=O) groups excluding carboxylic acids is 1. The molecule has 7 heteroatoms. The zero-order valence-corrected chi connectivity index (χ0v) is 18.4. The predicted octanol–water partition coefficient (Wildman–Crippen LogP) is 1.28. The van der Waals surface area contributed by atoms with Crippen molar-refractivity contribution in [2.45, 2.75) is 32.7 Å². The van der Waals surface area contributed by atoms with Crippen LogP contribution in [0.15, 0.2) is 35.3 Å². The Morgan fingerprint density at radius 3 is 2.40 bits per heavy atom. The van der Waals surface area contributed by atoms with Crippen molar-refractivity contribution in [2.75, 3.05) is 58.9 Å². The molecule has 0 bridgehead atoms. The first-order chi connectivity index (χ1) is 14.7. The van der Waals surface area contributed by atoms with E-state index in [9.17, 15) is 4.79 Å². The van der Waals surface area contributed by atoms with Crippen LogP contribution >= 0.6 is 0 Å². The van der Waals surface area contributed by atoms with Gasteiger partial charge in [0.25, 0.3) is 0 Å². The summed E-state index contributed by atoms with van der Waals surface area (Å²) in [5.74, 6) is 1.31. The number of aliphatic imine (C=N–C) groups is 1. The summed E-state index contributed by atoms with van der Waals surface area (Å²) in [4.78, 5) is 21.4. The lowest BCUT2D eigenvalue weighted by Crippen LogP contribution is -2.46. The van der Waals surface area contributed by atoms with Crippen LogP contribution in [-0.2, 0) is 11.3 Å². The van der Waals surface area contributed by atoms with Gasteiger partial charge in [-0.15, -0.1) is 0 Å². The molecular weight excluding hydrogens is 376 g/mol. The fourth-order valence-electron chi connectivity index (χ4n) is 3.70. The number of nitrogens with zero attached hydrogens (tertiary/aromatic N) is 3. The average Bonchev–Trinajstić information content (AvgIpc) is 3.61. The maximum absolute atomic E-state index is 11.7. The molecule has 3 N–H and O–H groups in total. The van der Waals surface area contributed by atoms with Crippen molar-refractivity contribution in [3.8, 4) is 0 Å². The topological polar surface area (TPSA) is 72.0 Å². The third-order valence-electron chi connectivity index (χ3n) is 5.63. The molecule has 1 saturated carbocycles. The first-order valence-corrected chi connectivity index (χ1v) is 11.5. The van der Waals surface area contributed by atoms with Gasteiger partial charge >= 0.3 is 0 Å². The Morgan fingerprint density at radius 2 is 1.70 bits per heavy atom. The third kappa shape index (κ3) is 8.32. The van der Waals surface area contributed by atoms with Crippen molar-refractivity contribution < 1.29 is 4.79 Å². The van der Waals surface area contributed by atoms with Gasteiger partial charge in [-0.2, -0.15) is 0 Å². The Bertz CT molecular complexity index is 653. The Balaban J connectivity index is 1.26. The number of benzene rings is 1. The van der Waals surface area contributed by atoms with E-state index >= 15 is 0 Å². The van der Waals surface area contributed by atoms with Crippen LogP contribution in [0.2, 0.25) is 0 Å². The van der Waals surface area contributed by atoms with Crippen LogP contribution in [0.1, 0.15) is 31.7 Å². The number of rotatable bonds is 11. The molecule has 1 amide bonds. The maximum Gasteiger partial charge on any atom is 0.223 e. The minimum absolute atomic E-state index is 0.197.